The van der Waals surface area contributed by atoms with Gasteiger partial charge >= 0.3 is 0 Å². The molecule has 0 saturated heterocycles. The van der Waals surface area contributed by atoms with Gasteiger partial charge in [-0.15, -0.1) is 0 Å². The van der Waals surface area contributed by atoms with Crippen LogP contribution in [0.3, 0.4) is 0 Å². The van der Waals surface area contributed by atoms with Crippen LogP contribution in [0.4, 0.5) is 11.6 Å². The second-order valence-corrected chi connectivity index (χ2v) is 9.06. The Balaban J connectivity index is 1.70. The molecule has 7 heteroatoms. The summed E-state index contributed by atoms with van der Waals surface area (Å²) in [5.41, 5.74) is 3.01. The number of anilines is 2. The molecule has 1 heterocycles. The molecule has 0 saturated carbocycles. The molecule has 0 amide bonds. The Morgan fingerprint density at radius 3 is 2.72 bits per heavy atom. The van der Waals surface area contributed by atoms with Crippen LogP contribution in [0.25, 0.3) is 0 Å². The van der Waals surface area contributed by atoms with Crippen LogP contribution < -0.4 is 9.62 Å². The summed E-state index contributed by atoms with van der Waals surface area (Å²) in [6, 6.07) is 14.7. The Bertz CT molecular complexity index is 1050. The standard InChI is InChI=1S/C22H25N3O3S/c1-2-12-24-19-10-8-18-14-20(11-9-17(18)13-19)25(22-15-23-16-28-22)29(26,27)21-6-4-3-5-7-21/h3-7,9,11,14-16,19,24H,2,8,10,12-13H2,1H3/t19-/m0/s1. The molecule has 1 aliphatic rings. The number of rotatable bonds is 7. The number of benzene rings is 2. The Morgan fingerprint density at radius 2 is 2.00 bits per heavy atom. The zero-order valence-electron chi connectivity index (χ0n) is 16.4. The Labute approximate surface area is 171 Å². The number of oxazole rings is 1. The average molecular weight is 412 g/mol. The number of fused-ring (bicyclic) bond motifs is 1. The lowest BCUT2D eigenvalue weighted by molar-refractivity contribution is 0.459. The lowest BCUT2D eigenvalue weighted by Crippen LogP contribution is -2.35. The Morgan fingerprint density at radius 1 is 1.17 bits per heavy atom. The summed E-state index contributed by atoms with van der Waals surface area (Å²) in [4.78, 5) is 4.13. The van der Waals surface area contributed by atoms with Crippen LogP contribution in [-0.4, -0.2) is 26.0 Å². The van der Waals surface area contributed by atoms with E-state index in [-0.39, 0.29) is 10.8 Å². The highest BCUT2D eigenvalue weighted by Gasteiger charge is 2.30. The van der Waals surface area contributed by atoms with Crippen LogP contribution in [0.1, 0.15) is 30.9 Å². The maximum Gasteiger partial charge on any atom is 0.271 e. The summed E-state index contributed by atoms with van der Waals surface area (Å²) in [6.45, 7) is 3.19. The molecule has 1 N–H and O–H groups in total. The van der Waals surface area contributed by atoms with Crippen LogP contribution in [-0.2, 0) is 22.9 Å². The van der Waals surface area contributed by atoms with Crippen molar-refractivity contribution in [1.82, 2.24) is 10.3 Å². The fourth-order valence-corrected chi connectivity index (χ4v) is 5.21. The highest BCUT2D eigenvalue weighted by Crippen LogP contribution is 2.35. The van der Waals surface area contributed by atoms with E-state index < -0.39 is 10.0 Å². The first-order chi connectivity index (χ1) is 14.1. The summed E-state index contributed by atoms with van der Waals surface area (Å²) in [6.07, 6.45) is 6.70. The molecular formula is C22H25N3O3S. The van der Waals surface area contributed by atoms with Crippen LogP contribution >= 0.6 is 0 Å². The summed E-state index contributed by atoms with van der Waals surface area (Å²) < 4.78 is 33.4. The molecule has 0 unspecified atom stereocenters. The molecule has 2 aromatic carbocycles. The number of aromatic nitrogens is 1. The normalized spacial score (nSPS) is 16.4. The van der Waals surface area contributed by atoms with Gasteiger partial charge in [0.1, 0.15) is 0 Å². The second kappa shape index (κ2) is 8.39. The fourth-order valence-electron chi connectivity index (χ4n) is 3.78. The van der Waals surface area contributed by atoms with Gasteiger partial charge in [0, 0.05) is 6.04 Å². The van der Waals surface area contributed by atoms with Crippen LogP contribution in [0.15, 0.2) is 70.4 Å². The van der Waals surface area contributed by atoms with Gasteiger partial charge in [-0.2, -0.15) is 0 Å². The minimum atomic E-state index is -3.84. The molecule has 4 rings (SSSR count). The molecule has 6 nitrogen and oxygen atoms in total. The van der Waals surface area contributed by atoms with Crippen molar-refractivity contribution in [3.05, 3.63) is 72.2 Å². The van der Waals surface area contributed by atoms with E-state index in [2.05, 4.69) is 17.2 Å². The molecular weight excluding hydrogens is 386 g/mol. The smallest absolute Gasteiger partial charge is 0.271 e. The number of nitrogens with one attached hydrogen (secondary N) is 1. The van der Waals surface area contributed by atoms with E-state index in [9.17, 15) is 8.42 Å². The van der Waals surface area contributed by atoms with Gasteiger partial charge in [-0.1, -0.05) is 31.2 Å². The first-order valence-corrected chi connectivity index (χ1v) is 11.4. The lowest BCUT2D eigenvalue weighted by Gasteiger charge is -2.28. The van der Waals surface area contributed by atoms with E-state index in [1.807, 2.05) is 18.2 Å². The molecule has 152 valence electrons. The summed E-state index contributed by atoms with van der Waals surface area (Å²) in [5, 5.41) is 3.59. The maximum atomic E-state index is 13.4. The van der Waals surface area contributed by atoms with Crippen LogP contribution in [0.5, 0.6) is 0 Å². The zero-order valence-corrected chi connectivity index (χ0v) is 17.2. The van der Waals surface area contributed by atoms with Crippen molar-refractivity contribution in [3.8, 4) is 0 Å². The second-order valence-electron chi connectivity index (χ2n) is 7.27. The molecule has 0 aliphatic heterocycles. The lowest BCUT2D eigenvalue weighted by atomic mass is 9.88. The third-order valence-corrected chi connectivity index (χ3v) is 6.98. The van der Waals surface area contributed by atoms with E-state index in [1.165, 1.54) is 28.0 Å². The molecule has 0 fully saturated rings. The topological polar surface area (TPSA) is 75.4 Å². The molecule has 1 atom stereocenters. The maximum absolute atomic E-state index is 13.4. The van der Waals surface area contributed by atoms with Crippen LogP contribution in [0, 0.1) is 0 Å². The van der Waals surface area contributed by atoms with E-state index in [0.29, 0.717) is 11.7 Å². The summed E-state index contributed by atoms with van der Waals surface area (Å²) in [5.74, 6) is 0.173. The molecule has 0 bridgehead atoms. The van der Waals surface area contributed by atoms with Crippen LogP contribution in [0.2, 0.25) is 0 Å². The van der Waals surface area contributed by atoms with Gasteiger partial charge in [0.25, 0.3) is 10.0 Å². The number of hydrogen-bond donors (Lipinski definition) is 1. The molecule has 0 radical (unpaired) electrons. The number of aryl methyl sites for hydroxylation is 1. The first kappa shape index (κ1) is 19.7. The van der Waals surface area contributed by atoms with Crippen molar-refractivity contribution in [2.75, 3.05) is 10.8 Å². The van der Waals surface area contributed by atoms with Crippen molar-refractivity contribution in [3.63, 3.8) is 0 Å². The quantitative estimate of drug-likeness (QED) is 0.635. The average Bonchev–Trinajstić information content (AvgIpc) is 3.27. The van der Waals surface area contributed by atoms with E-state index >= 15 is 0 Å². The fraction of sp³-hybridized carbons (Fsp3) is 0.318. The predicted octanol–water partition coefficient (Wildman–Crippen LogP) is 4.06. The number of hydrogen-bond acceptors (Lipinski definition) is 5. The van der Waals surface area contributed by atoms with Gasteiger partial charge in [0.05, 0.1) is 16.8 Å². The highest BCUT2D eigenvalue weighted by atomic mass is 32.2. The van der Waals surface area contributed by atoms with Crippen molar-refractivity contribution in [1.29, 1.82) is 0 Å². The predicted molar refractivity (Wildman–Crippen MR) is 113 cm³/mol. The molecule has 1 aromatic heterocycles. The third-order valence-electron chi connectivity index (χ3n) is 5.24. The van der Waals surface area contributed by atoms with Gasteiger partial charge in [0.15, 0.2) is 6.39 Å². The van der Waals surface area contributed by atoms with E-state index in [1.54, 1.807) is 30.3 Å². The van der Waals surface area contributed by atoms with Gasteiger partial charge < -0.3 is 9.73 Å². The SMILES string of the molecule is CCCN[C@H]1CCc2cc(N(c3cnco3)S(=O)(=O)c3ccccc3)ccc2C1. The Hall–Kier alpha value is -2.64. The minimum absolute atomic E-state index is 0.173. The minimum Gasteiger partial charge on any atom is -0.427 e. The van der Waals surface area contributed by atoms with Crippen molar-refractivity contribution in [2.24, 2.45) is 0 Å². The van der Waals surface area contributed by atoms with E-state index in [4.69, 9.17) is 4.42 Å². The van der Waals surface area contributed by atoms with Crippen molar-refractivity contribution < 1.29 is 12.8 Å². The van der Waals surface area contributed by atoms with E-state index in [0.717, 1.165) is 32.2 Å². The monoisotopic (exact) mass is 411 g/mol. The summed E-state index contributed by atoms with van der Waals surface area (Å²) in [7, 11) is -3.84. The van der Waals surface area contributed by atoms with Gasteiger partial charge in [-0.05, 0) is 67.6 Å². The molecule has 1 aliphatic carbocycles. The number of nitrogens with zero attached hydrogens (tertiary/aromatic N) is 2. The third kappa shape index (κ3) is 4.06. The molecule has 3 aromatic rings. The van der Waals surface area contributed by atoms with Crippen molar-refractivity contribution >= 4 is 21.6 Å². The molecule has 29 heavy (non-hydrogen) atoms. The largest absolute Gasteiger partial charge is 0.427 e. The summed E-state index contributed by atoms with van der Waals surface area (Å²) >= 11 is 0. The van der Waals surface area contributed by atoms with Gasteiger partial charge in [-0.3, -0.25) is 0 Å². The Kier molecular flexibility index (Phi) is 5.69. The first-order valence-electron chi connectivity index (χ1n) is 9.93. The highest BCUT2D eigenvalue weighted by molar-refractivity contribution is 7.93. The van der Waals surface area contributed by atoms with Crippen molar-refractivity contribution in [2.45, 2.75) is 43.5 Å². The van der Waals surface area contributed by atoms with Gasteiger partial charge in [-0.25, -0.2) is 17.7 Å². The van der Waals surface area contributed by atoms with Gasteiger partial charge in [0.2, 0.25) is 5.88 Å². The molecule has 0 spiro atoms. The number of sulfonamides is 1. The zero-order chi connectivity index (χ0) is 20.3.